The van der Waals surface area contributed by atoms with Gasteiger partial charge in [0.05, 0.1) is 16.9 Å². The zero-order chi connectivity index (χ0) is 24.8. The number of ether oxygens (including phenoxy) is 2. The maximum atomic E-state index is 12.9. The molecule has 2 aromatic carbocycles. The number of rotatable bonds is 8. The maximum absolute atomic E-state index is 12.9. The number of fused-ring (bicyclic) bond motifs is 1. The van der Waals surface area contributed by atoms with Crippen molar-refractivity contribution in [2.45, 2.75) is 18.5 Å². The monoisotopic (exact) mass is 489 g/mol. The van der Waals surface area contributed by atoms with E-state index in [2.05, 4.69) is 10.3 Å². The van der Waals surface area contributed by atoms with Crippen molar-refractivity contribution in [2.75, 3.05) is 30.1 Å². The van der Waals surface area contributed by atoms with Crippen molar-refractivity contribution in [1.82, 2.24) is 9.88 Å². The van der Waals surface area contributed by atoms with Gasteiger partial charge in [-0.25, -0.2) is 4.98 Å². The van der Waals surface area contributed by atoms with Crippen LogP contribution >= 0.6 is 11.8 Å². The van der Waals surface area contributed by atoms with E-state index in [1.807, 2.05) is 37.3 Å². The number of hydrogen-bond acceptors (Lipinski definition) is 8. The fourth-order valence-corrected chi connectivity index (χ4v) is 4.32. The van der Waals surface area contributed by atoms with E-state index >= 15 is 0 Å². The molecule has 178 valence electrons. The summed E-state index contributed by atoms with van der Waals surface area (Å²) in [5.74, 6) is 0.814. The van der Waals surface area contributed by atoms with Crippen LogP contribution in [0.25, 0.3) is 0 Å². The normalized spacial score (nSPS) is 11.5. The van der Waals surface area contributed by atoms with Gasteiger partial charge in [0.15, 0.2) is 11.5 Å². The van der Waals surface area contributed by atoms with Crippen molar-refractivity contribution in [1.29, 1.82) is 5.26 Å². The van der Waals surface area contributed by atoms with Gasteiger partial charge in [0.1, 0.15) is 16.9 Å². The first-order valence-electron chi connectivity index (χ1n) is 10.8. The number of pyridine rings is 1. The summed E-state index contributed by atoms with van der Waals surface area (Å²) in [7, 11) is 0. The van der Waals surface area contributed by atoms with Gasteiger partial charge in [-0.05, 0) is 42.8 Å². The Hall–Kier alpha value is -4.23. The zero-order valence-electron chi connectivity index (χ0n) is 19.0. The minimum absolute atomic E-state index is 0.0138. The van der Waals surface area contributed by atoms with E-state index in [4.69, 9.17) is 15.2 Å². The molecule has 1 aromatic heterocycles. The van der Waals surface area contributed by atoms with Gasteiger partial charge in [-0.2, -0.15) is 5.26 Å². The van der Waals surface area contributed by atoms with E-state index < -0.39 is 5.91 Å². The van der Waals surface area contributed by atoms with Crippen LogP contribution in [-0.4, -0.2) is 40.8 Å². The van der Waals surface area contributed by atoms with Gasteiger partial charge in [0, 0.05) is 18.8 Å². The van der Waals surface area contributed by atoms with Gasteiger partial charge in [0.2, 0.25) is 12.7 Å². The Morgan fingerprint density at radius 3 is 2.69 bits per heavy atom. The highest BCUT2D eigenvalue weighted by Gasteiger charge is 2.20. The molecule has 0 bridgehead atoms. The number of hydrogen-bond donors (Lipinski definition) is 2. The molecule has 1 aliphatic heterocycles. The van der Waals surface area contributed by atoms with E-state index in [9.17, 15) is 14.9 Å². The molecule has 0 saturated heterocycles. The Morgan fingerprint density at radius 2 is 1.94 bits per heavy atom. The van der Waals surface area contributed by atoms with E-state index in [0.717, 1.165) is 17.3 Å². The number of thioether (sulfide) groups is 1. The molecule has 3 N–H and O–H groups in total. The van der Waals surface area contributed by atoms with Crippen molar-refractivity contribution >= 4 is 35.1 Å². The summed E-state index contributed by atoms with van der Waals surface area (Å²) < 4.78 is 10.7. The average Bonchev–Trinajstić information content (AvgIpc) is 3.34. The highest BCUT2D eigenvalue weighted by atomic mass is 32.2. The third-order valence-corrected chi connectivity index (χ3v) is 6.27. The minimum atomic E-state index is -0.466. The van der Waals surface area contributed by atoms with Crippen molar-refractivity contribution < 1.29 is 19.1 Å². The number of aromatic nitrogens is 1. The second-order valence-electron chi connectivity index (χ2n) is 7.59. The van der Waals surface area contributed by atoms with Gasteiger partial charge in [-0.1, -0.05) is 36.0 Å². The highest BCUT2D eigenvalue weighted by Crippen LogP contribution is 2.33. The molecule has 0 aliphatic carbocycles. The smallest absolute Gasteiger partial charge is 0.259 e. The molecule has 0 fully saturated rings. The maximum Gasteiger partial charge on any atom is 0.259 e. The Morgan fingerprint density at radius 1 is 1.17 bits per heavy atom. The predicted molar refractivity (Wildman–Crippen MR) is 132 cm³/mol. The summed E-state index contributed by atoms with van der Waals surface area (Å²) in [4.78, 5) is 31.5. The van der Waals surface area contributed by atoms with Crippen LogP contribution in [0.1, 0.15) is 28.4 Å². The molecular weight excluding hydrogens is 466 g/mol. The molecule has 35 heavy (non-hydrogen) atoms. The first-order valence-corrected chi connectivity index (χ1v) is 11.8. The molecule has 1 aliphatic rings. The molecular formula is C25H23N5O4S. The predicted octanol–water partition coefficient (Wildman–Crippen LogP) is 3.66. The molecule has 0 atom stereocenters. The van der Waals surface area contributed by atoms with E-state index in [-0.39, 0.29) is 35.4 Å². The molecule has 0 saturated carbocycles. The standard InChI is InChI=1S/C25H23N5O4S/c1-2-30(13-16-8-9-20-21(10-16)34-15-33-20)22(31)14-35-25-17(12-26)11-19(23(27)29-25)24(32)28-18-6-4-3-5-7-18/h3-11H,2,13-15H2,1H3,(H2,27,29)(H,28,32). The summed E-state index contributed by atoms with van der Waals surface area (Å²) in [5, 5.41) is 12.6. The first kappa shape index (κ1) is 23.9. The summed E-state index contributed by atoms with van der Waals surface area (Å²) in [6.07, 6.45) is 0. The molecule has 10 heteroatoms. The molecule has 0 spiro atoms. The summed E-state index contributed by atoms with van der Waals surface area (Å²) in [5.41, 5.74) is 7.82. The molecule has 4 rings (SSSR count). The van der Waals surface area contributed by atoms with Crippen molar-refractivity contribution in [3.05, 3.63) is 71.3 Å². The van der Waals surface area contributed by atoms with Crippen molar-refractivity contribution in [3.8, 4) is 17.6 Å². The number of nitrogen functional groups attached to an aromatic ring is 1. The lowest BCUT2D eigenvalue weighted by Gasteiger charge is -2.21. The Balaban J connectivity index is 1.42. The number of carbonyl (C=O) groups is 2. The number of amides is 2. The average molecular weight is 490 g/mol. The van der Waals surface area contributed by atoms with Gasteiger partial charge in [0.25, 0.3) is 5.91 Å². The second kappa shape index (κ2) is 10.8. The molecule has 2 amide bonds. The van der Waals surface area contributed by atoms with Gasteiger partial charge >= 0.3 is 0 Å². The van der Waals surface area contributed by atoms with Crippen LogP contribution in [0, 0.1) is 11.3 Å². The van der Waals surface area contributed by atoms with Gasteiger partial charge in [-0.3, -0.25) is 9.59 Å². The summed E-state index contributed by atoms with van der Waals surface area (Å²) in [6, 6.07) is 17.9. The van der Waals surface area contributed by atoms with E-state index in [0.29, 0.717) is 35.3 Å². The summed E-state index contributed by atoms with van der Waals surface area (Å²) in [6.45, 7) is 3.00. The third kappa shape index (κ3) is 5.65. The van der Waals surface area contributed by atoms with Crippen molar-refractivity contribution in [2.24, 2.45) is 0 Å². The van der Waals surface area contributed by atoms with Crippen LogP contribution in [0.5, 0.6) is 11.5 Å². The third-order valence-electron chi connectivity index (χ3n) is 5.29. The number of nitrogens with one attached hydrogen (secondary N) is 1. The van der Waals surface area contributed by atoms with Crippen LogP contribution in [-0.2, 0) is 11.3 Å². The number of carbonyl (C=O) groups excluding carboxylic acids is 2. The lowest BCUT2D eigenvalue weighted by atomic mass is 10.2. The van der Waals surface area contributed by atoms with Crippen LogP contribution < -0.4 is 20.5 Å². The second-order valence-corrected chi connectivity index (χ2v) is 8.55. The number of nitriles is 1. The Kier molecular flexibility index (Phi) is 7.38. The Bertz CT molecular complexity index is 1290. The number of anilines is 2. The minimum Gasteiger partial charge on any atom is -0.454 e. The molecule has 0 unspecified atom stereocenters. The Labute approximate surface area is 206 Å². The number of benzene rings is 2. The lowest BCUT2D eigenvalue weighted by molar-refractivity contribution is -0.128. The lowest BCUT2D eigenvalue weighted by Crippen LogP contribution is -2.31. The van der Waals surface area contributed by atoms with E-state index in [1.165, 1.54) is 6.07 Å². The van der Waals surface area contributed by atoms with Crippen LogP contribution in [0.15, 0.2) is 59.6 Å². The van der Waals surface area contributed by atoms with Crippen LogP contribution in [0.4, 0.5) is 11.5 Å². The summed E-state index contributed by atoms with van der Waals surface area (Å²) >= 11 is 1.11. The van der Waals surface area contributed by atoms with Crippen molar-refractivity contribution in [3.63, 3.8) is 0 Å². The van der Waals surface area contributed by atoms with E-state index in [1.54, 1.807) is 29.2 Å². The number of nitrogens with two attached hydrogens (primary N) is 1. The van der Waals surface area contributed by atoms with Gasteiger partial charge in [-0.15, -0.1) is 0 Å². The SMILES string of the molecule is CCN(Cc1ccc2c(c1)OCO2)C(=O)CSc1nc(N)c(C(=O)Nc2ccccc2)cc1C#N. The topological polar surface area (TPSA) is 131 Å². The fourth-order valence-electron chi connectivity index (χ4n) is 3.46. The first-order chi connectivity index (χ1) is 17.0. The molecule has 3 aromatic rings. The molecule has 0 radical (unpaired) electrons. The van der Waals surface area contributed by atoms with Crippen LogP contribution in [0.3, 0.4) is 0 Å². The fraction of sp³-hybridized carbons (Fsp3) is 0.200. The number of nitrogens with zero attached hydrogens (tertiary/aromatic N) is 3. The quantitative estimate of drug-likeness (QED) is 0.459. The zero-order valence-corrected chi connectivity index (χ0v) is 19.8. The number of para-hydroxylation sites is 1. The van der Waals surface area contributed by atoms with Crippen LogP contribution in [0.2, 0.25) is 0 Å². The highest BCUT2D eigenvalue weighted by molar-refractivity contribution is 8.00. The van der Waals surface area contributed by atoms with Gasteiger partial charge < -0.3 is 25.4 Å². The molecule has 9 nitrogen and oxygen atoms in total. The molecule has 2 heterocycles. The largest absolute Gasteiger partial charge is 0.454 e.